The highest BCUT2D eigenvalue weighted by Crippen LogP contribution is 2.30. The first-order valence-corrected chi connectivity index (χ1v) is 9.16. The van der Waals surface area contributed by atoms with E-state index in [1.165, 1.54) is 0 Å². The highest BCUT2D eigenvalue weighted by atomic mass is 32.2. The fourth-order valence-corrected chi connectivity index (χ4v) is 3.73. The van der Waals surface area contributed by atoms with E-state index in [9.17, 15) is 31.2 Å². The van der Waals surface area contributed by atoms with Gasteiger partial charge in [-0.25, -0.2) is 13.1 Å². The van der Waals surface area contributed by atoms with Gasteiger partial charge in [-0.2, -0.15) is 13.2 Å². The SMILES string of the molecule is O=C(CNS(=O)(=O)c1cccc(C(F)(F)F)c1)N[C@@H]1CC[C@H](C(=O)O)C1. The summed E-state index contributed by atoms with van der Waals surface area (Å²) in [7, 11) is -4.30. The first-order chi connectivity index (χ1) is 12.0. The van der Waals surface area contributed by atoms with E-state index in [2.05, 4.69) is 5.32 Å². The molecule has 26 heavy (non-hydrogen) atoms. The Hall–Kier alpha value is -2.14. The fourth-order valence-electron chi connectivity index (χ4n) is 2.70. The molecule has 0 spiro atoms. The monoisotopic (exact) mass is 394 g/mol. The summed E-state index contributed by atoms with van der Waals surface area (Å²) >= 11 is 0. The number of benzene rings is 1. The average molecular weight is 394 g/mol. The minimum absolute atomic E-state index is 0.251. The van der Waals surface area contributed by atoms with Crippen molar-refractivity contribution in [3.05, 3.63) is 29.8 Å². The van der Waals surface area contributed by atoms with E-state index >= 15 is 0 Å². The summed E-state index contributed by atoms with van der Waals surface area (Å²) in [6, 6.07) is 2.80. The van der Waals surface area contributed by atoms with Gasteiger partial charge in [0.2, 0.25) is 15.9 Å². The zero-order valence-corrected chi connectivity index (χ0v) is 14.2. The van der Waals surface area contributed by atoms with Crippen molar-refractivity contribution in [1.29, 1.82) is 0 Å². The Morgan fingerprint density at radius 3 is 2.50 bits per heavy atom. The molecule has 1 aliphatic carbocycles. The third kappa shape index (κ3) is 5.18. The quantitative estimate of drug-likeness (QED) is 0.674. The van der Waals surface area contributed by atoms with Gasteiger partial charge in [-0.15, -0.1) is 0 Å². The molecule has 2 atom stereocenters. The van der Waals surface area contributed by atoms with E-state index in [0.29, 0.717) is 18.9 Å². The van der Waals surface area contributed by atoms with E-state index in [4.69, 9.17) is 5.11 Å². The molecule has 1 fully saturated rings. The van der Waals surface area contributed by atoms with Crippen molar-refractivity contribution < 1.29 is 36.3 Å². The highest BCUT2D eigenvalue weighted by molar-refractivity contribution is 7.89. The normalized spacial score (nSPS) is 20.7. The van der Waals surface area contributed by atoms with Crippen LogP contribution in [-0.2, 0) is 25.8 Å². The topological polar surface area (TPSA) is 113 Å². The summed E-state index contributed by atoms with van der Waals surface area (Å²) < 4.78 is 64.0. The van der Waals surface area contributed by atoms with Crippen molar-refractivity contribution in [2.75, 3.05) is 6.54 Å². The van der Waals surface area contributed by atoms with E-state index in [1.807, 2.05) is 4.72 Å². The van der Waals surface area contributed by atoms with Crippen LogP contribution in [0, 0.1) is 5.92 Å². The standard InChI is InChI=1S/C15H17F3N2O5S/c16-15(17,18)10-2-1-3-12(7-10)26(24,25)19-8-13(21)20-11-5-4-9(6-11)14(22)23/h1-3,7,9,11,19H,4-6,8H2,(H,20,21)(H,22,23)/t9-,11+/m0/s1. The van der Waals surface area contributed by atoms with E-state index in [-0.39, 0.29) is 12.5 Å². The molecule has 144 valence electrons. The molecule has 3 N–H and O–H groups in total. The zero-order valence-electron chi connectivity index (χ0n) is 13.4. The molecule has 0 unspecified atom stereocenters. The molecule has 7 nitrogen and oxygen atoms in total. The largest absolute Gasteiger partial charge is 0.481 e. The molecule has 0 saturated heterocycles. The second kappa shape index (κ2) is 7.62. The van der Waals surface area contributed by atoms with Crippen LogP contribution in [0.15, 0.2) is 29.2 Å². The Bertz CT molecular complexity index is 795. The number of sulfonamides is 1. The van der Waals surface area contributed by atoms with Crippen LogP contribution in [0.3, 0.4) is 0 Å². The van der Waals surface area contributed by atoms with Gasteiger partial charge in [0, 0.05) is 6.04 Å². The minimum atomic E-state index is -4.69. The van der Waals surface area contributed by atoms with E-state index < -0.39 is 51.0 Å². The number of rotatable bonds is 6. The first-order valence-electron chi connectivity index (χ1n) is 7.68. The number of carbonyl (C=O) groups excluding carboxylic acids is 1. The molecule has 1 amide bonds. The average Bonchev–Trinajstić information content (AvgIpc) is 3.01. The van der Waals surface area contributed by atoms with Gasteiger partial charge in [-0.05, 0) is 37.5 Å². The fraction of sp³-hybridized carbons (Fsp3) is 0.467. The third-order valence-electron chi connectivity index (χ3n) is 4.04. The predicted molar refractivity (Wildman–Crippen MR) is 83.5 cm³/mol. The second-order valence-electron chi connectivity index (χ2n) is 5.96. The molecule has 0 aliphatic heterocycles. The van der Waals surface area contributed by atoms with Crippen molar-refractivity contribution in [2.24, 2.45) is 5.92 Å². The Morgan fingerprint density at radius 1 is 1.23 bits per heavy atom. The number of hydrogen-bond acceptors (Lipinski definition) is 4. The van der Waals surface area contributed by atoms with Crippen LogP contribution in [0.5, 0.6) is 0 Å². The summed E-state index contributed by atoms with van der Waals surface area (Å²) in [6.45, 7) is -0.660. The second-order valence-corrected chi connectivity index (χ2v) is 7.73. The predicted octanol–water partition coefficient (Wildman–Crippen LogP) is 1.35. The van der Waals surface area contributed by atoms with Crippen molar-refractivity contribution in [3.8, 4) is 0 Å². The molecule has 1 saturated carbocycles. The number of amides is 1. The van der Waals surface area contributed by atoms with Gasteiger partial charge in [0.1, 0.15) is 0 Å². The lowest BCUT2D eigenvalue weighted by Crippen LogP contribution is -2.41. The molecule has 0 bridgehead atoms. The van der Waals surface area contributed by atoms with Crippen LogP contribution >= 0.6 is 0 Å². The number of aliphatic carboxylic acids is 1. The maximum atomic E-state index is 12.7. The molecule has 0 radical (unpaired) electrons. The van der Waals surface area contributed by atoms with Gasteiger partial charge in [0.15, 0.2) is 0 Å². The zero-order chi connectivity index (χ0) is 19.5. The Labute approximate surface area is 147 Å². The number of carbonyl (C=O) groups is 2. The summed E-state index contributed by atoms with van der Waals surface area (Å²) in [4.78, 5) is 22.1. The number of halogens is 3. The highest BCUT2D eigenvalue weighted by Gasteiger charge is 2.32. The molecule has 0 aromatic heterocycles. The minimum Gasteiger partial charge on any atom is -0.481 e. The van der Waals surface area contributed by atoms with Gasteiger partial charge < -0.3 is 10.4 Å². The summed E-state index contributed by atoms with van der Waals surface area (Å²) in [6.07, 6.45) is -3.56. The summed E-state index contributed by atoms with van der Waals surface area (Å²) in [5.74, 6) is -2.19. The van der Waals surface area contributed by atoms with Gasteiger partial charge in [-0.3, -0.25) is 9.59 Å². The Morgan fingerprint density at radius 2 is 1.92 bits per heavy atom. The smallest absolute Gasteiger partial charge is 0.416 e. The lowest BCUT2D eigenvalue weighted by Gasteiger charge is -2.13. The van der Waals surface area contributed by atoms with Crippen LogP contribution in [0.2, 0.25) is 0 Å². The van der Waals surface area contributed by atoms with Crippen LogP contribution in [0.25, 0.3) is 0 Å². The third-order valence-corrected chi connectivity index (χ3v) is 5.44. The molecular weight excluding hydrogens is 377 g/mol. The maximum absolute atomic E-state index is 12.7. The first kappa shape index (κ1) is 20.2. The van der Waals surface area contributed by atoms with E-state index in [1.54, 1.807) is 0 Å². The van der Waals surface area contributed by atoms with Gasteiger partial charge in [0.25, 0.3) is 0 Å². The molecular formula is C15H17F3N2O5S. The lowest BCUT2D eigenvalue weighted by molar-refractivity contribution is -0.141. The van der Waals surface area contributed by atoms with Crippen LogP contribution in [-0.4, -0.2) is 38.0 Å². The number of nitrogens with one attached hydrogen (secondary N) is 2. The van der Waals surface area contributed by atoms with Gasteiger partial charge in [0.05, 0.1) is 22.9 Å². The van der Waals surface area contributed by atoms with Crippen molar-refractivity contribution >= 4 is 21.9 Å². The molecule has 1 aliphatic rings. The lowest BCUT2D eigenvalue weighted by atomic mass is 10.1. The summed E-state index contributed by atoms with van der Waals surface area (Å²) in [5.41, 5.74) is -1.12. The number of hydrogen-bond donors (Lipinski definition) is 3. The Kier molecular flexibility index (Phi) is 5.91. The number of carboxylic acids is 1. The molecule has 11 heteroatoms. The van der Waals surface area contributed by atoms with E-state index in [0.717, 1.165) is 18.2 Å². The van der Waals surface area contributed by atoms with Crippen molar-refractivity contribution in [2.45, 2.75) is 36.4 Å². The van der Waals surface area contributed by atoms with Crippen LogP contribution < -0.4 is 10.0 Å². The van der Waals surface area contributed by atoms with Crippen molar-refractivity contribution in [1.82, 2.24) is 10.0 Å². The Balaban J connectivity index is 1.94. The van der Waals surface area contributed by atoms with Crippen molar-refractivity contribution in [3.63, 3.8) is 0 Å². The van der Waals surface area contributed by atoms with Gasteiger partial charge in [-0.1, -0.05) is 6.07 Å². The maximum Gasteiger partial charge on any atom is 0.416 e. The summed E-state index contributed by atoms with van der Waals surface area (Å²) in [5, 5.41) is 11.4. The molecule has 1 aromatic carbocycles. The van der Waals surface area contributed by atoms with Crippen LogP contribution in [0.1, 0.15) is 24.8 Å². The molecule has 1 aromatic rings. The number of alkyl halides is 3. The van der Waals surface area contributed by atoms with Gasteiger partial charge >= 0.3 is 12.1 Å². The molecule has 0 heterocycles. The molecule has 2 rings (SSSR count). The van der Waals surface area contributed by atoms with Crippen LogP contribution in [0.4, 0.5) is 13.2 Å². The number of carboxylic acid groups (broad SMARTS) is 1.